The third kappa shape index (κ3) is 2.34. The molecular weight excluding hydrogens is 262 g/mol. The second-order valence-corrected chi connectivity index (χ2v) is 4.94. The zero-order valence-corrected chi connectivity index (χ0v) is 11.1. The molecule has 0 fully saturated rings. The molecule has 3 aromatic rings. The molecule has 19 heavy (non-hydrogen) atoms. The minimum atomic E-state index is 0.319. The Bertz CT molecular complexity index is 704. The van der Waals surface area contributed by atoms with Crippen LogP contribution in [-0.2, 0) is 6.61 Å². The Labute approximate surface area is 113 Å². The molecule has 3 rings (SSSR count). The number of thiazole rings is 1. The summed E-state index contributed by atoms with van der Waals surface area (Å²) in [5, 5.41) is 1.97. The highest BCUT2D eigenvalue weighted by molar-refractivity contribution is 7.15. The van der Waals surface area contributed by atoms with Crippen LogP contribution < -0.4 is 4.74 Å². The number of pyridine rings is 1. The number of imidazole rings is 1. The van der Waals surface area contributed by atoms with Gasteiger partial charge in [0.05, 0.1) is 5.69 Å². The van der Waals surface area contributed by atoms with Crippen molar-refractivity contribution >= 4 is 22.6 Å². The van der Waals surface area contributed by atoms with Crippen molar-refractivity contribution in [2.45, 2.75) is 13.5 Å². The van der Waals surface area contributed by atoms with E-state index in [0.29, 0.717) is 24.3 Å². The monoisotopic (exact) mass is 273 g/mol. The molecule has 0 saturated heterocycles. The van der Waals surface area contributed by atoms with E-state index in [2.05, 4.69) is 9.97 Å². The van der Waals surface area contributed by atoms with Crippen molar-refractivity contribution in [2.24, 2.45) is 0 Å². The van der Waals surface area contributed by atoms with Crippen LogP contribution in [-0.4, -0.2) is 20.7 Å². The lowest BCUT2D eigenvalue weighted by Gasteiger charge is -2.06. The molecule has 0 N–H and O–H groups in total. The Kier molecular flexibility index (Phi) is 3.00. The summed E-state index contributed by atoms with van der Waals surface area (Å²) in [5.41, 5.74) is 1.93. The third-order valence-electron chi connectivity index (χ3n) is 2.66. The van der Waals surface area contributed by atoms with E-state index >= 15 is 0 Å². The van der Waals surface area contributed by atoms with Gasteiger partial charge >= 0.3 is 0 Å². The zero-order chi connectivity index (χ0) is 13.2. The number of aryl methyl sites for hydroxylation is 1. The molecule has 0 aliphatic carbocycles. The van der Waals surface area contributed by atoms with Crippen LogP contribution in [0, 0.1) is 6.92 Å². The van der Waals surface area contributed by atoms with E-state index in [-0.39, 0.29) is 0 Å². The van der Waals surface area contributed by atoms with Gasteiger partial charge in [-0.1, -0.05) is 0 Å². The van der Waals surface area contributed by atoms with E-state index in [1.54, 1.807) is 17.4 Å². The molecule has 0 bridgehead atoms. The Balaban J connectivity index is 1.78. The Hall–Kier alpha value is -2.21. The molecule has 3 heterocycles. The van der Waals surface area contributed by atoms with Crippen LogP contribution in [0.3, 0.4) is 0 Å². The number of carbonyl (C=O) groups excluding carboxylic acids is 1. The molecule has 0 aliphatic rings. The average Bonchev–Trinajstić information content (AvgIpc) is 2.97. The maximum atomic E-state index is 10.9. The summed E-state index contributed by atoms with van der Waals surface area (Å²) in [4.78, 5) is 20.4. The van der Waals surface area contributed by atoms with Crippen LogP contribution in [0.5, 0.6) is 5.75 Å². The molecule has 0 aliphatic heterocycles. The van der Waals surface area contributed by atoms with Gasteiger partial charge in [-0.15, -0.1) is 11.3 Å². The highest BCUT2D eigenvalue weighted by atomic mass is 32.1. The van der Waals surface area contributed by atoms with Crippen LogP contribution in [0.25, 0.3) is 4.96 Å². The fraction of sp³-hybridized carbons (Fsp3) is 0.154. The van der Waals surface area contributed by atoms with Gasteiger partial charge < -0.3 is 4.74 Å². The van der Waals surface area contributed by atoms with Gasteiger partial charge in [0.2, 0.25) is 0 Å². The molecular formula is C13H11N3O2S. The number of carbonyl (C=O) groups is 1. The summed E-state index contributed by atoms with van der Waals surface area (Å²) < 4.78 is 7.54. The first kappa shape index (κ1) is 11.9. The number of aldehydes is 1. The van der Waals surface area contributed by atoms with Gasteiger partial charge in [0.15, 0.2) is 11.2 Å². The first-order valence-corrected chi connectivity index (χ1v) is 6.61. The lowest BCUT2D eigenvalue weighted by atomic mass is 10.3. The van der Waals surface area contributed by atoms with Crippen LogP contribution >= 0.6 is 11.3 Å². The van der Waals surface area contributed by atoms with E-state index in [1.807, 2.05) is 35.2 Å². The molecule has 0 atom stereocenters. The van der Waals surface area contributed by atoms with Gasteiger partial charge in [0.25, 0.3) is 0 Å². The van der Waals surface area contributed by atoms with Gasteiger partial charge in [0.1, 0.15) is 18.1 Å². The average molecular weight is 273 g/mol. The summed E-state index contributed by atoms with van der Waals surface area (Å²) >= 11 is 1.57. The summed E-state index contributed by atoms with van der Waals surface area (Å²) in [5.74, 6) is 0.483. The van der Waals surface area contributed by atoms with Crippen molar-refractivity contribution in [1.82, 2.24) is 14.4 Å². The van der Waals surface area contributed by atoms with Crippen LogP contribution in [0.1, 0.15) is 21.9 Å². The molecule has 6 heteroatoms. The Morgan fingerprint density at radius 1 is 1.42 bits per heavy atom. The Morgan fingerprint density at radius 3 is 3.11 bits per heavy atom. The highest BCUT2D eigenvalue weighted by Crippen LogP contribution is 2.17. The fourth-order valence-corrected chi connectivity index (χ4v) is 2.49. The first-order chi connectivity index (χ1) is 9.26. The SMILES string of the molecule is Cc1ccc(OCc2cn3ccsc3n2)c(C=O)n1. The molecule has 96 valence electrons. The molecule has 0 saturated carbocycles. The predicted molar refractivity (Wildman–Crippen MR) is 71.8 cm³/mol. The largest absolute Gasteiger partial charge is 0.485 e. The standard InChI is InChI=1S/C13H11N3O2S/c1-9-2-3-12(11(7-17)14-9)18-8-10-6-16-4-5-19-13(16)15-10/h2-7H,8H2,1H3. The quantitative estimate of drug-likeness (QED) is 0.685. The molecule has 0 radical (unpaired) electrons. The van der Waals surface area contributed by atoms with Gasteiger partial charge in [-0.3, -0.25) is 9.20 Å². The van der Waals surface area contributed by atoms with Crippen molar-refractivity contribution in [2.75, 3.05) is 0 Å². The van der Waals surface area contributed by atoms with E-state index in [9.17, 15) is 4.79 Å². The van der Waals surface area contributed by atoms with Crippen LogP contribution in [0.15, 0.2) is 29.9 Å². The number of rotatable bonds is 4. The van der Waals surface area contributed by atoms with E-state index in [0.717, 1.165) is 16.3 Å². The molecule has 0 unspecified atom stereocenters. The molecule has 3 aromatic heterocycles. The number of nitrogens with zero attached hydrogens (tertiary/aromatic N) is 3. The molecule has 0 amide bonds. The first-order valence-electron chi connectivity index (χ1n) is 5.73. The van der Waals surface area contributed by atoms with Gasteiger partial charge in [0, 0.05) is 23.5 Å². The number of ether oxygens (including phenoxy) is 1. The smallest absolute Gasteiger partial charge is 0.193 e. The molecule has 0 aromatic carbocycles. The maximum Gasteiger partial charge on any atom is 0.193 e. The van der Waals surface area contributed by atoms with Gasteiger partial charge in [-0.05, 0) is 19.1 Å². The topological polar surface area (TPSA) is 56.5 Å². The van der Waals surface area contributed by atoms with Crippen LogP contribution in [0.4, 0.5) is 0 Å². The normalized spacial score (nSPS) is 10.8. The van der Waals surface area contributed by atoms with E-state index in [1.165, 1.54) is 0 Å². The zero-order valence-electron chi connectivity index (χ0n) is 10.2. The van der Waals surface area contributed by atoms with Gasteiger partial charge in [-0.25, -0.2) is 9.97 Å². The lowest BCUT2D eigenvalue weighted by Crippen LogP contribution is -2.01. The van der Waals surface area contributed by atoms with E-state index in [4.69, 9.17) is 4.74 Å². The predicted octanol–water partition coefficient (Wildman–Crippen LogP) is 2.49. The Morgan fingerprint density at radius 2 is 2.32 bits per heavy atom. The lowest BCUT2D eigenvalue weighted by molar-refractivity contribution is 0.111. The van der Waals surface area contributed by atoms with Crippen molar-refractivity contribution < 1.29 is 9.53 Å². The maximum absolute atomic E-state index is 10.9. The third-order valence-corrected chi connectivity index (χ3v) is 3.43. The summed E-state index contributed by atoms with van der Waals surface area (Å²) in [7, 11) is 0. The fourth-order valence-electron chi connectivity index (χ4n) is 1.77. The minimum Gasteiger partial charge on any atom is -0.485 e. The number of fused-ring (bicyclic) bond motifs is 1. The second-order valence-electron chi connectivity index (χ2n) is 4.07. The summed E-state index contributed by atoms with van der Waals surface area (Å²) in [6.07, 6.45) is 4.56. The molecule has 0 spiro atoms. The van der Waals surface area contributed by atoms with Crippen LogP contribution in [0.2, 0.25) is 0 Å². The number of hydrogen-bond acceptors (Lipinski definition) is 5. The minimum absolute atomic E-state index is 0.319. The van der Waals surface area contributed by atoms with Crippen molar-refractivity contribution in [3.05, 3.63) is 47.0 Å². The summed E-state index contributed by atoms with van der Waals surface area (Å²) in [6, 6.07) is 3.57. The highest BCUT2D eigenvalue weighted by Gasteiger charge is 2.07. The van der Waals surface area contributed by atoms with Crippen molar-refractivity contribution in [3.8, 4) is 5.75 Å². The van der Waals surface area contributed by atoms with Crippen molar-refractivity contribution in [3.63, 3.8) is 0 Å². The van der Waals surface area contributed by atoms with Gasteiger partial charge in [-0.2, -0.15) is 0 Å². The number of hydrogen-bond donors (Lipinski definition) is 0. The molecule has 5 nitrogen and oxygen atoms in total. The summed E-state index contributed by atoms with van der Waals surface area (Å²) in [6.45, 7) is 2.15. The second kappa shape index (κ2) is 4.81. The number of aromatic nitrogens is 3. The van der Waals surface area contributed by atoms with E-state index < -0.39 is 0 Å². The van der Waals surface area contributed by atoms with Crippen molar-refractivity contribution in [1.29, 1.82) is 0 Å².